The van der Waals surface area contributed by atoms with E-state index in [4.69, 9.17) is 9.47 Å². The molecule has 1 N–H and O–H groups in total. The second-order valence-electron chi connectivity index (χ2n) is 4.83. The smallest absolute Gasteiger partial charge is 0.251 e. The molecule has 1 saturated heterocycles. The molecule has 0 aromatic heterocycles. The van der Waals surface area contributed by atoms with Crippen molar-refractivity contribution in [3.8, 4) is 0 Å². The quantitative estimate of drug-likeness (QED) is 0.775. The number of carbonyl (C=O) groups is 1. The fourth-order valence-electron chi connectivity index (χ4n) is 2.07. The molecule has 1 aromatic rings. The minimum Gasteiger partial charge on any atom is -0.379 e. The number of rotatable bonds is 7. The molecule has 2 rings (SSSR count). The molecule has 1 fully saturated rings. The minimum atomic E-state index is -0.0448. The van der Waals surface area contributed by atoms with Crippen molar-refractivity contribution in [2.24, 2.45) is 0 Å². The van der Waals surface area contributed by atoms with E-state index >= 15 is 0 Å². The van der Waals surface area contributed by atoms with Crippen LogP contribution in [0.1, 0.15) is 29.6 Å². The molecule has 1 atom stereocenters. The van der Waals surface area contributed by atoms with Gasteiger partial charge in [-0.2, -0.15) is 0 Å². The first-order valence-corrected chi connectivity index (χ1v) is 7.78. The first-order valence-electron chi connectivity index (χ1n) is 6.99. The molecule has 0 saturated carbocycles. The van der Waals surface area contributed by atoms with Gasteiger partial charge in [0.1, 0.15) is 0 Å². The summed E-state index contributed by atoms with van der Waals surface area (Å²) in [5.41, 5.74) is 0.675. The number of hydrogen-bond donors (Lipinski definition) is 1. The summed E-state index contributed by atoms with van der Waals surface area (Å²) in [5, 5.41) is 2.88. The average Bonchev–Trinajstić information content (AvgIpc) is 2.96. The Kier molecular flexibility index (Phi) is 6.50. The van der Waals surface area contributed by atoms with Crippen molar-refractivity contribution < 1.29 is 14.3 Å². The summed E-state index contributed by atoms with van der Waals surface area (Å²) >= 11 is 3.35. The van der Waals surface area contributed by atoms with Gasteiger partial charge < -0.3 is 14.8 Å². The highest BCUT2D eigenvalue weighted by atomic mass is 79.9. The zero-order chi connectivity index (χ0) is 14.2. The fraction of sp³-hybridized carbons (Fsp3) is 0.533. The van der Waals surface area contributed by atoms with E-state index < -0.39 is 0 Å². The number of amides is 1. The molecule has 0 aliphatic carbocycles. The van der Waals surface area contributed by atoms with E-state index in [1.165, 1.54) is 0 Å². The zero-order valence-corrected chi connectivity index (χ0v) is 13.0. The highest BCUT2D eigenvalue weighted by Gasteiger charge is 2.14. The summed E-state index contributed by atoms with van der Waals surface area (Å²) in [4.78, 5) is 11.8. The van der Waals surface area contributed by atoms with Crippen LogP contribution in [-0.4, -0.2) is 38.4 Å². The van der Waals surface area contributed by atoms with Gasteiger partial charge >= 0.3 is 0 Å². The van der Waals surface area contributed by atoms with Gasteiger partial charge in [-0.25, -0.2) is 0 Å². The number of nitrogens with one attached hydrogen (secondary N) is 1. The van der Waals surface area contributed by atoms with E-state index in [1.807, 2.05) is 12.1 Å². The molecular weight excluding hydrogens is 322 g/mol. The SMILES string of the molecule is O=C(NCCCOCC1CCCO1)c1ccc(Br)cc1. The van der Waals surface area contributed by atoms with Gasteiger partial charge in [-0.1, -0.05) is 15.9 Å². The first-order chi connectivity index (χ1) is 9.75. The van der Waals surface area contributed by atoms with Crippen molar-refractivity contribution in [1.82, 2.24) is 5.32 Å². The molecule has 5 heteroatoms. The van der Waals surface area contributed by atoms with Gasteiger partial charge in [0.05, 0.1) is 12.7 Å². The second kappa shape index (κ2) is 8.39. The van der Waals surface area contributed by atoms with E-state index in [-0.39, 0.29) is 12.0 Å². The van der Waals surface area contributed by atoms with Crippen LogP contribution in [0.4, 0.5) is 0 Å². The summed E-state index contributed by atoms with van der Waals surface area (Å²) in [7, 11) is 0. The van der Waals surface area contributed by atoms with E-state index in [2.05, 4.69) is 21.2 Å². The monoisotopic (exact) mass is 341 g/mol. The van der Waals surface area contributed by atoms with Crippen LogP contribution in [0.3, 0.4) is 0 Å². The van der Waals surface area contributed by atoms with Crippen LogP contribution in [-0.2, 0) is 9.47 Å². The molecule has 0 radical (unpaired) electrons. The predicted octanol–water partition coefficient (Wildman–Crippen LogP) is 2.76. The first kappa shape index (κ1) is 15.5. The van der Waals surface area contributed by atoms with Crippen LogP contribution < -0.4 is 5.32 Å². The summed E-state index contributed by atoms with van der Waals surface area (Å²) in [6, 6.07) is 7.32. The van der Waals surface area contributed by atoms with Crippen molar-refractivity contribution in [1.29, 1.82) is 0 Å². The Hall–Kier alpha value is -0.910. The van der Waals surface area contributed by atoms with Crippen molar-refractivity contribution >= 4 is 21.8 Å². The molecule has 0 spiro atoms. The summed E-state index contributed by atoms with van der Waals surface area (Å²) in [5.74, 6) is -0.0448. The van der Waals surface area contributed by atoms with Crippen molar-refractivity contribution in [2.45, 2.75) is 25.4 Å². The molecule has 1 heterocycles. The Bertz CT molecular complexity index is 416. The number of halogens is 1. The Labute approximate surface area is 128 Å². The number of hydrogen-bond acceptors (Lipinski definition) is 3. The normalized spacial score (nSPS) is 18.1. The maximum Gasteiger partial charge on any atom is 0.251 e. The molecule has 1 unspecified atom stereocenters. The molecule has 0 bridgehead atoms. The lowest BCUT2D eigenvalue weighted by atomic mass is 10.2. The fourth-order valence-corrected chi connectivity index (χ4v) is 2.33. The van der Waals surface area contributed by atoms with E-state index in [9.17, 15) is 4.79 Å². The molecule has 4 nitrogen and oxygen atoms in total. The van der Waals surface area contributed by atoms with Crippen molar-refractivity contribution in [2.75, 3.05) is 26.4 Å². The van der Waals surface area contributed by atoms with Gasteiger partial charge in [0.2, 0.25) is 0 Å². The van der Waals surface area contributed by atoms with Crippen LogP contribution >= 0.6 is 15.9 Å². The Balaban J connectivity index is 1.54. The van der Waals surface area contributed by atoms with Crippen molar-refractivity contribution in [3.63, 3.8) is 0 Å². The standard InChI is InChI=1S/C15H20BrNO3/c16-13-6-4-12(5-7-13)15(18)17-8-2-9-19-11-14-3-1-10-20-14/h4-7,14H,1-3,8-11H2,(H,17,18). The van der Waals surface area contributed by atoms with Gasteiger partial charge in [-0.3, -0.25) is 4.79 Å². The summed E-state index contributed by atoms with van der Waals surface area (Å²) in [6.07, 6.45) is 3.32. The topological polar surface area (TPSA) is 47.6 Å². The van der Waals surface area contributed by atoms with E-state index in [0.29, 0.717) is 25.3 Å². The van der Waals surface area contributed by atoms with Crippen LogP contribution in [0.5, 0.6) is 0 Å². The lowest BCUT2D eigenvalue weighted by Gasteiger charge is -2.10. The number of carbonyl (C=O) groups excluding carboxylic acids is 1. The van der Waals surface area contributed by atoms with Gasteiger partial charge in [-0.15, -0.1) is 0 Å². The summed E-state index contributed by atoms with van der Waals surface area (Å²) < 4.78 is 12.0. The molecule has 1 amide bonds. The third-order valence-electron chi connectivity index (χ3n) is 3.19. The Morgan fingerprint density at radius 2 is 2.20 bits per heavy atom. The molecule has 1 aliphatic heterocycles. The predicted molar refractivity (Wildman–Crippen MR) is 80.9 cm³/mol. The Morgan fingerprint density at radius 1 is 1.40 bits per heavy atom. The van der Waals surface area contributed by atoms with E-state index in [1.54, 1.807) is 12.1 Å². The largest absolute Gasteiger partial charge is 0.379 e. The number of benzene rings is 1. The average molecular weight is 342 g/mol. The lowest BCUT2D eigenvalue weighted by molar-refractivity contribution is 0.0166. The second-order valence-corrected chi connectivity index (χ2v) is 5.74. The lowest BCUT2D eigenvalue weighted by Crippen LogP contribution is -2.25. The highest BCUT2D eigenvalue weighted by molar-refractivity contribution is 9.10. The zero-order valence-electron chi connectivity index (χ0n) is 11.4. The third kappa shape index (κ3) is 5.23. The van der Waals surface area contributed by atoms with Crippen molar-refractivity contribution in [3.05, 3.63) is 34.3 Å². The van der Waals surface area contributed by atoms with Crippen LogP contribution in [0.15, 0.2) is 28.7 Å². The van der Waals surface area contributed by atoms with E-state index in [0.717, 1.165) is 30.3 Å². The number of ether oxygens (including phenoxy) is 2. The Morgan fingerprint density at radius 3 is 2.90 bits per heavy atom. The van der Waals surface area contributed by atoms with Gasteiger partial charge in [0.25, 0.3) is 5.91 Å². The van der Waals surface area contributed by atoms with Gasteiger partial charge in [0.15, 0.2) is 0 Å². The third-order valence-corrected chi connectivity index (χ3v) is 3.71. The summed E-state index contributed by atoms with van der Waals surface area (Å²) in [6.45, 7) is 2.80. The minimum absolute atomic E-state index is 0.0448. The van der Waals surface area contributed by atoms with Gasteiger partial charge in [0, 0.05) is 29.8 Å². The molecule has 1 aromatic carbocycles. The van der Waals surface area contributed by atoms with Gasteiger partial charge in [-0.05, 0) is 43.5 Å². The highest BCUT2D eigenvalue weighted by Crippen LogP contribution is 2.12. The molecule has 110 valence electrons. The molecule has 1 aliphatic rings. The van der Waals surface area contributed by atoms with Crippen LogP contribution in [0.25, 0.3) is 0 Å². The molecular formula is C15H20BrNO3. The maximum absolute atomic E-state index is 11.8. The van der Waals surface area contributed by atoms with Crippen LogP contribution in [0.2, 0.25) is 0 Å². The van der Waals surface area contributed by atoms with Crippen LogP contribution in [0, 0.1) is 0 Å². The maximum atomic E-state index is 11.8. The molecule has 20 heavy (non-hydrogen) atoms.